The molecule has 2 aromatic carbocycles. The topological polar surface area (TPSA) is 85.5 Å². The number of hydrogen-bond acceptors (Lipinski definition) is 7. The van der Waals surface area contributed by atoms with Gasteiger partial charge in [0.2, 0.25) is 6.29 Å². The van der Waals surface area contributed by atoms with Gasteiger partial charge in [0.15, 0.2) is 0 Å². The summed E-state index contributed by atoms with van der Waals surface area (Å²) in [5, 5.41) is 20.0. The van der Waals surface area contributed by atoms with Crippen molar-refractivity contribution in [1.82, 2.24) is 24.9 Å². The number of pyridine rings is 1. The molecule has 4 heterocycles. The van der Waals surface area contributed by atoms with Crippen LogP contribution in [0.4, 0.5) is 0 Å². The fourth-order valence-electron chi connectivity index (χ4n) is 5.70. The Morgan fingerprint density at radius 2 is 1.95 bits per heavy atom. The van der Waals surface area contributed by atoms with E-state index in [0.717, 1.165) is 67.2 Å². The molecular formula is C29H33N5O3. The van der Waals surface area contributed by atoms with Crippen LogP contribution in [0, 0.1) is 6.92 Å². The summed E-state index contributed by atoms with van der Waals surface area (Å²) >= 11 is 0. The van der Waals surface area contributed by atoms with Gasteiger partial charge >= 0.3 is 0 Å². The van der Waals surface area contributed by atoms with Crippen molar-refractivity contribution in [3.05, 3.63) is 76.7 Å². The summed E-state index contributed by atoms with van der Waals surface area (Å²) < 4.78 is 13.3. The fourth-order valence-corrected chi connectivity index (χ4v) is 5.70. The molecule has 1 unspecified atom stereocenters. The van der Waals surface area contributed by atoms with Crippen LogP contribution in [-0.4, -0.2) is 56.2 Å². The van der Waals surface area contributed by atoms with E-state index in [4.69, 9.17) is 14.5 Å². The van der Waals surface area contributed by atoms with E-state index in [1.165, 1.54) is 16.5 Å². The van der Waals surface area contributed by atoms with Crippen LogP contribution in [0.2, 0.25) is 0 Å². The minimum absolute atomic E-state index is 0.307. The van der Waals surface area contributed by atoms with E-state index >= 15 is 0 Å². The zero-order chi connectivity index (χ0) is 25.4. The van der Waals surface area contributed by atoms with Gasteiger partial charge in [0.05, 0.1) is 5.52 Å². The number of benzene rings is 2. The molecule has 1 atom stereocenters. The van der Waals surface area contributed by atoms with Crippen LogP contribution in [0.15, 0.2) is 48.5 Å². The first kappa shape index (κ1) is 24.0. The number of fused-ring (bicyclic) bond motifs is 4. The smallest absolute Gasteiger partial charge is 0.202 e. The number of aromatic nitrogens is 4. The molecule has 4 aromatic rings. The largest absolute Gasteiger partial charge is 0.485 e. The maximum absolute atomic E-state index is 10.2. The highest BCUT2D eigenvalue weighted by Gasteiger charge is 2.28. The predicted octanol–water partition coefficient (Wildman–Crippen LogP) is 4.47. The van der Waals surface area contributed by atoms with Crippen molar-refractivity contribution in [2.75, 3.05) is 26.2 Å². The van der Waals surface area contributed by atoms with E-state index in [1.54, 1.807) is 4.68 Å². The molecule has 0 radical (unpaired) electrons. The zero-order valence-electron chi connectivity index (χ0n) is 21.4. The van der Waals surface area contributed by atoms with Crippen LogP contribution >= 0.6 is 0 Å². The lowest BCUT2D eigenvalue weighted by molar-refractivity contribution is -0.102. The summed E-state index contributed by atoms with van der Waals surface area (Å²) in [4.78, 5) is 7.28. The molecule has 1 saturated heterocycles. The minimum Gasteiger partial charge on any atom is -0.485 e. The van der Waals surface area contributed by atoms with Crippen molar-refractivity contribution < 1.29 is 14.6 Å². The Balaban J connectivity index is 1.12. The standard InChI is InChI=1S/C29H33N5O3/c1-3-36-29(35)27-26-18-37-28-21(6-4-9-25(28)34(26)32-31-27)14-17-33-15-12-20(13-16-33)22-7-5-8-24-23(22)11-10-19(2)30-24/h4-11,20,29,35H,3,12-18H2,1-2H3. The van der Waals surface area contributed by atoms with Crippen molar-refractivity contribution in [3.8, 4) is 11.4 Å². The van der Waals surface area contributed by atoms with E-state index in [2.05, 4.69) is 58.5 Å². The number of piperidine rings is 1. The van der Waals surface area contributed by atoms with Gasteiger partial charge in [-0.1, -0.05) is 35.5 Å². The molecule has 2 aromatic heterocycles. The quantitative estimate of drug-likeness (QED) is 0.376. The molecule has 8 nitrogen and oxygen atoms in total. The monoisotopic (exact) mass is 499 g/mol. The van der Waals surface area contributed by atoms with Crippen LogP contribution in [0.3, 0.4) is 0 Å². The number of aliphatic hydroxyl groups excluding tert-OH is 1. The average Bonchev–Trinajstić information content (AvgIpc) is 3.37. The minimum atomic E-state index is -1.10. The Labute approximate surface area is 216 Å². The van der Waals surface area contributed by atoms with E-state index in [1.807, 2.05) is 19.1 Å². The molecule has 0 amide bonds. The van der Waals surface area contributed by atoms with Gasteiger partial charge in [0.25, 0.3) is 0 Å². The summed E-state index contributed by atoms with van der Waals surface area (Å²) in [6.45, 7) is 7.74. The molecule has 0 bridgehead atoms. The zero-order valence-corrected chi connectivity index (χ0v) is 21.4. The third-order valence-corrected chi connectivity index (χ3v) is 7.64. The second kappa shape index (κ2) is 10.2. The first-order valence-electron chi connectivity index (χ1n) is 13.2. The van der Waals surface area contributed by atoms with Crippen molar-refractivity contribution >= 4 is 10.9 Å². The summed E-state index contributed by atoms with van der Waals surface area (Å²) in [5.41, 5.74) is 6.78. The summed E-state index contributed by atoms with van der Waals surface area (Å²) in [6, 6.07) is 17.1. The number of ether oxygens (including phenoxy) is 2. The molecule has 192 valence electrons. The van der Waals surface area contributed by atoms with Gasteiger partial charge in [0.1, 0.15) is 29.4 Å². The van der Waals surface area contributed by atoms with Crippen molar-refractivity contribution in [2.24, 2.45) is 0 Å². The third kappa shape index (κ3) is 4.61. The van der Waals surface area contributed by atoms with Gasteiger partial charge in [-0.25, -0.2) is 4.68 Å². The Hall–Kier alpha value is -3.33. The summed E-state index contributed by atoms with van der Waals surface area (Å²) in [5.74, 6) is 1.43. The fraction of sp³-hybridized carbons (Fsp3) is 0.414. The molecular weight excluding hydrogens is 466 g/mol. The van der Waals surface area contributed by atoms with Gasteiger partial charge in [0, 0.05) is 24.2 Å². The van der Waals surface area contributed by atoms with Crippen LogP contribution in [0.1, 0.15) is 60.2 Å². The van der Waals surface area contributed by atoms with E-state index in [0.29, 0.717) is 24.8 Å². The normalized spacial score (nSPS) is 16.8. The second-order valence-corrected chi connectivity index (χ2v) is 9.93. The van der Waals surface area contributed by atoms with E-state index < -0.39 is 6.29 Å². The molecule has 0 spiro atoms. The summed E-state index contributed by atoms with van der Waals surface area (Å²) in [7, 11) is 0. The maximum atomic E-state index is 10.2. The molecule has 6 rings (SSSR count). The van der Waals surface area contributed by atoms with Gasteiger partial charge in [-0.05, 0) is 81.4 Å². The molecule has 37 heavy (non-hydrogen) atoms. The van der Waals surface area contributed by atoms with Gasteiger partial charge in [-0.15, -0.1) is 5.10 Å². The first-order chi connectivity index (χ1) is 18.1. The molecule has 2 aliphatic rings. The average molecular weight is 500 g/mol. The highest BCUT2D eigenvalue weighted by molar-refractivity contribution is 5.83. The summed E-state index contributed by atoms with van der Waals surface area (Å²) in [6.07, 6.45) is 2.12. The molecule has 2 aliphatic heterocycles. The SMILES string of the molecule is CCOC(O)c1nnn2c1COc1c(CCN3CCC(c4cccc5nc(C)ccc45)CC3)cccc1-2. The van der Waals surface area contributed by atoms with Crippen molar-refractivity contribution in [3.63, 3.8) is 0 Å². The number of aliphatic hydroxyl groups is 1. The number of rotatable bonds is 7. The van der Waals surface area contributed by atoms with Crippen molar-refractivity contribution in [2.45, 2.75) is 51.9 Å². The Kier molecular flexibility index (Phi) is 6.63. The number of likely N-dealkylation sites (tertiary alicyclic amines) is 1. The van der Waals surface area contributed by atoms with Crippen LogP contribution < -0.4 is 4.74 Å². The molecule has 1 fully saturated rings. The molecule has 0 saturated carbocycles. The highest BCUT2D eigenvalue weighted by atomic mass is 16.6. The maximum Gasteiger partial charge on any atom is 0.202 e. The third-order valence-electron chi connectivity index (χ3n) is 7.64. The van der Waals surface area contributed by atoms with Crippen LogP contribution in [0.25, 0.3) is 16.6 Å². The molecule has 1 N–H and O–H groups in total. The lowest BCUT2D eigenvalue weighted by Crippen LogP contribution is -2.34. The van der Waals surface area contributed by atoms with Gasteiger partial charge in [-0.3, -0.25) is 4.98 Å². The lowest BCUT2D eigenvalue weighted by Gasteiger charge is -2.33. The number of nitrogens with zero attached hydrogens (tertiary/aromatic N) is 5. The highest BCUT2D eigenvalue weighted by Crippen LogP contribution is 2.36. The number of para-hydroxylation sites is 1. The van der Waals surface area contributed by atoms with Crippen LogP contribution in [0.5, 0.6) is 5.75 Å². The number of hydrogen-bond donors (Lipinski definition) is 1. The Bertz CT molecular complexity index is 1410. The van der Waals surface area contributed by atoms with Gasteiger partial charge in [-0.2, -0.15) is 0 Å². The first-order valence-corrected chi connectivity index (χ1v) is 13.2. The van der Waals surface area contributed by atoms with Crippen LogP contribution in [-0.2, 0) is 17.8 Å². The van der Waals surface area contributed by atoms with E-state index in [-0.39, 0.29) is 0 Å². The second-order valence-electron chi connectivity index (χ2n) is 9.93. The predicted molar refractivity (Wildman–Crippen MR) is 141 cm³/mol. The molecule has 0 aliphatic carbocycles. The van der Waals surface area contributed by atoms with E-state index in [9.17, 15) is 5.11 Å². The Morgan fingerprint density at radius 1 is 1.11 bits per heavy atom. The van der Waals surface area contributed by atoms with Crippen molar-refractivity contribution in [1.29, 1.82) is 0 Å². The Morgan fingerprint density at radius 3 is 2.78 bits per heavy atom. The number of aryl methyl sites for hydroxylation is 1. The molecule has 8 heteroatoms. The lowest BCUT2D eigenvalue weighted by atomic mass is 9.87. The van der Waals surface area contributed by atoms with Gasteiger partial charge < -0.3 is 19.5 Å².